The molecular formula is C11H18INO2. The van der Waals surface area contributed by atoms with Crippen LogP contribution in [0.3, 0.4) is 0 Å². The fraction of sp³-hybridized carbons (Fsp3) is 0.909. The Kier molecular flexibility index (Phi) is 2.90. The number of alkyl halides is 1. The molecule has 0 N–H and O–H groups in total. The van der Waals surface area contributed by atoms with Crippen molar-refractivity contribution in [2.45, 2.75) is 49.2 Å². The minimum Gasteiger partial charge on any atom is -0.444 e. The lowest BCUT2D eigenvalue weighted by molar-refractivity contribution is 0.0200. The number of hydrogen-bond acceptors (Lipinski definition) is 2. The molecule has 1 heterocycles. The highest BCUT2D eigenvalue weighted by atomic mass is 127. The second-order valence-electron chi connectivity index (χ2n) is 5.55. The van der Waals surface area contributed by atoms with Gasteiger partial charge in [0, 0.05) is 16.5 Å². The number of amides is 1. The Labute approximate surface area is 105 Å². The van der Waals surface area contributed by atoms with E-state index in [4.69, 9.17) is 4.74 Å². The highest BCUT2D eigenvalue weighted by Crippen LogP contribution is 2.42. The van der Waals surface area contributed by atoms with E-state index in [1.807, 2.05) is 25.7 Å². The summed E-state index contributed by atoms with van der Waals surface area (Å²) >= 11 is 2.46. The molecule has 1 unspecified atom stereocenters. The third kappa shape index (κ3) is 2.40. The normalized spacial score (nSPS) is 34.7. The van der Waals surface area contributed by atoms with Crippen LogP contribution in [0.5, 0.6) is 0 Å². The second kappa shape index (κ2) is 3.79. The quantitative estimate of drug-likeness (QED) is 0.507. The Morgan fingerprint density at radius 2 is 2.07 bits per heavy atom. The number of hydrogen-bond donors (Lipinski definition) is 0. The molecule has 2 fully saturated rings. The summed E-state index contributed by atoms with van der Waals surface area (Å²) in [5.74, 6) is 0.712. The van der Waals surface area contributed by atoms with Gasteiger partial charge in [0.15, 0.2) is 0 Å². The van der Waals surface area contributed by atoms with E-state index >= 15 is 0 Å². The van der Waals surface area contributed by atoms with Gasteiger partial charge in [0.2, 0.25) is 0 Å². The van der Waals surface area contributed by atoms with E-state index in [9.17, 15) is 4.79 Å². The molecular weight excluding hydrogens is 305 g/mol. The van der Waals surface area contributed by atoms with Crippen molar-refractivity contribution in [3.63, 3.8) is 0 Å². The number of likely N-dealkylation sites (tertiary alicyclic amines) is 1. The molecule has 1 aliphatic heterocycles. The van der Waals surface area contributed by atoms with E-state index in [2.05, 4.69) is 22.6 Å². The van der Waals surface area contributed by atoms with Gasteiger partial charge in [-0.3, -0.25) is 0 Å². The van der Waals surface area contributed by atoms with Gasteiger partial charge in [-0.15, -0.1) is 0 Å². The average Bonchev–Trinajstić information content (AvgIpc) is 2.58. The van der Waals surface area contributed by atoms with E-state index in [-0.39, 0.29) is 11.7 Å². The van der Waals surface area contributed by atoms with Crippen LogP contribution in [-0.4, -0.2) is 33.1 Å². The largest absolute Gasteiger partial charge is 0.444 e. The van der Waals surface area contributed by atoms with E-state index < -0.39 is 0 Å². The van der Waals surface area contributed by atoms with Gasteiger partial charge < -0.3 is 9.64 Å². The van der Waals surface area contributed by atoms with Gasteiger partial charge in [0.1, 0.15) is 5.60 Å². The second-order valence-corrected chi connectivity index (χ2v) is 7.15. The average molecular weight is 323 g/mol. The molecule has 0 aromatic carbocycles. The van der Waals surface area contributed by atoms with Crippen molar-refractivity contribution >= 4 is 28.7 Å². The topological polar surface area (TPSA) is 29.5 Å². The summed E-state index contributed by atoms with van der Waals surface area (Å²) in [7, 11) is 0. The van der Waals surface area contributed by atoms with Crippen molar-refractivity contribution in [1.29, 1.82) is 0 Å². The fourth-order valence-electron chi connectivity index (χ4n) is 2.48. The maximum absolute atomic E-state index is 11.9. The van der Waals surface area contributed by atoms with Crippen LogP contribution in [0, 0.1) is 5.92 Å². The molecule has 0 radical (unpaired) electrons. The van der Waals surface area contributed by atoms with Gasteiger partial charge in [-0.05, 0) is 39.5 Å². The van der Waals surface area contributed by atoms with Crippen LogP contribution in [0.15, 0.2) is 0 Å². The summed E-state index contributed by atoms with van der Waals surface area (Å²) in [6, 6.07) is 0.422. The van der Waals surface area contributed by atoms with Crippen molar-refractivity contribution in [2.75, 3.05) is 6.54 Å². The Bertz CT molecular complexity index is 274. The number of rotatable bonds is 0. The van der Waals surface area contributed by atoms with Crippen LogP contribution in [0.1, 0.15) is 33.6 Å². The van der Waals surface area contributed by atoms with Gasteiger partial charge >= 0.3 is 6.09 Å². The van der Waals surface area contributed by atoms with E-state index in [1.165, 1.54) is 12.8 Å². The van der Waals surface area contributed by atoms with E-state index in [0.717, 1.165) is 6.54 Å². The van der Waals surface area contributed by atoms with Gasteiger partial charge in [-0.1, -0.05) is 22.6 Å². The zero-order valence-electron chi connectivity index (χ0n) is 9.50. The molecule has 2 aliphatic rings. The summed E-state index contributed by atoms with van der Waals surface area (Å²) in [6.07, 6.45) is 2.31. The minimum absolute atomic E-state index is 0.128. The molecule has 4 heteroatoms. The van der Waals surface area contributed by atoms with Gasteiger partial charge in [-0.25, -0.2) is 4.79 Å². The number of fused-ring (bicyclic) bond motifs is 2. The lowest BCUT2D eigenvalue weighted by Crippen LogP contribution is -2.45. The zero-order chi connectivity index (χ0) is 11.2. The number of carbonyl (C=O) groups is 1. The predicted molar refractivity (Wildman–Crippen MR) is 67.3 cm³/mol. The van der Waals surface area contributed by atoms with Crippen LogP contribution in [-0.2, 0) is 4.74 Å². The Morgan fingerprint density at radius 3 is 2.53 bits per heavy atom. The third-order valence-corrected chi connectivity index (χ3v) is 4.37. The number of halogens is 1. The van der Waals surface area contributed by atoms with E-state index in [1.54, 1.807) is 0 Å². The Balaban J connectivity index is 1.98. The maximum atomic E-state index is 11.9. The molecule has 0 aromatic heterocycles. The Hall–Kier alpha value is 0. The molecule has 15 heavy (non-hydrogen) atoms. The molecule has 1 amide bonds. The van der Waals surface area contributed by atoms with Gasteiger partial charge in [-0.2, -0.15) is 0 Å². The van der Waals surface area contributed by atoms with Crippen molar-refractivity contribution in [1.82, 2.24) is 4.90 Å². The molecule has 3 nitrogen and oxygen atoms in total. The molecule has 2 bridgehead atoms. The van der Waals surface area contributed by atoms with Crippen LogP contribution < -0.4 is 0 Å². The molecule has 1 saturated heterocycles. The predicted octanol–water partition coefficient (Wildman–Crippen LogP) is 2.82. The highest BCUT2D eigenvalue weighted by Gasteiger charge is 2.46. The zero-order valence-corrected chi connectivity index (χ0v) is 11.7. The van der Waals surface area contributed by atoms with Gasteiger partial charge in [0.25, 0.3) is 0 Å². The molecule has 0 spiro atoms. The summed E-state index contributed by atoms with van der Waals surface area (Å²) in [6.45, 7) is 6.65. The molecule has 1 saturated carbocycles. The molecule has 2 rings (SSSR count). The summed E-state index contributed by atoms with van der Waals surface area (Å²) in [5.41, 5.74) is -0.375. The fourth-order valence-corrected chi connectivity index (χ4v) is 3.88. The van der Waals surface area contributed by atoms with Crippen LogP contribution in [0.2, 0.25) is 0 Å². The van der Waals surface area contributed by atoms with Gasteiger partial charge in [0.05, 0.1) is 0 Å². The Morgan fingerprint density at radius 1 is 1.40 bits per heavy atom. The summed E-state index contributed by atoms with van der Waals surface area (Å²) in [5, 5.41) is 0. The van der Waals surface area contributed by atoms with E-state index in [0.29, 0.717) is 15.9 Å². The first-order valence-electron chi connectivity index (χ1n) is 5.50. The molecule has 86 valence electrons. The first-order chi connectivity index (χ1) is 6.87. The first-order valence-corrected chi connectivity index (χ1v) is 6.75. The number of nitrogens with zero attached hydrogens (tertiary/aromatic N) is 1. The molecule has 3 atom stereocenters. The van der Waals surface area contributed by atoms with Crippen molar-refractivity contribution in [3.8, 4) is 0 Å². The smallest absolute Gasteiger partial charge is 0.410 e. The van der Waals surface area contributed by atoms with Crippen LogP contribution >= 0.6 is 22.6 Å². The maximum Gasteiger partial charge on any atom is 0.410 e. The number of ether oxygens (including phenoxy) is 1. The van der Waals surface area contributed by atoms with Crippen LogP contribution in [0.25, 0.3) is 0 Å². The van der Waals surface area contributed by atoms with Crippen molar-refractivity contribution < 1.29 is 9.53 Å². The first kappa shape index (κ1) is 11.5. The SMILES string of the molecule is CC(C)(C)OC(=O)N1C[C@H]2CC(I)[C@@H]1C2. The lowest BCUT2D eigenvalue weighted by atomic mass is 10.1. The third-order valence-electron chi connectivity index (χ3n) is 3.03. The monoisotopic (exact) mass is 323 g/mol. The van der Waals surface area contributed by atoms with Crippen molar-refractivity contribution in [2.24, 2.45) is 5.92 Å². The standard InChI is InChI=1S/C11H18INO2/c1-11(2,3)15-10(14)13-6-7-4-8(12)9(13)5-7/h7-9H,4-6H2,1-3H3/t7-,8?,9-/m0/s1. The van der Waals surface area contributed by atoms with Crippen LogP contribution in [0.4, 0.5) is 4.79 Å². The van der Waals surface area contributed by atoms with Crippen molar-refractivity contribution in [3.05, 3.63) is 0 Å². The lowest BCUT2D eigenvalue weighted by Gasteiger charge is -2.32. The summed E-state index contributed by atoms with van der Waals surface area (Å²) in [4.78, 5) is 13.8. The minimum atomic E-state index is -0.375. The summed E-state index contributed by atoms with van der Waals surface area (Å²) < 4.78 is 6.03. The highest BCUT2D eigenvalue weighted by molar-refractivity contribution is 14.1. The number of piperidine rings is 1. The molecule has 1 aliphatic carbocycles. The molecule has 0 aromatic rings. The number of carbonyl (C=O) groups excluding carboxylic acids is 1.